The lowest BCUT2D eigenvalue weighted by molar-refractivity contribution is -0.0365. The lowest BCUT2D eigenvalue weighted by atomic mass is 9.95. The van der Waals surface area contributed by atoms with Gasteiger partial charge in [0, 0.05) is 13.7 Å². The monoisotopic (exact) mass is 277 g/mol. The Balaban J connectivity index is 1.86. The highest BCUT2D eigenvalue weighted by Gasteiger charge is 2.22. The zero-order chi connectivity index (χ0) is 14.2. The van der Waals surface area contributed by atoms with Gasteiger partial charge in [0.2, 0.25) is 0 Å². The summed E-state index contributed by atoms with van der Waals surface area (Å²) in [6.45, 7) is 4.75. The van der Waals surface area contributed by atoms with Crippen molar-refractivity contribution in [3.63, 3.8) is 0 Å². The number of ether oxygens (including phenoxy) is 2. The van der Waals surface area contributed by atoms with Crippen molar-refractivity contribution < 1.29 is 9.47 Å². The molecule has 2 unspecified atom stereocenters. The largest absolute Gasteiger partial charge is 0.381 e. The standard InChI is InChI=1S/C17H27NO2/c1-3-18-12-14-7-4-5-8-15(14)13-20-17-10-6-9-16(11-17)19-2/h4-5,7-8,16-18H,3,6,9-13H2,1-2H3. The summed E-state index contributed by atoms with van der Waals surface area (Å²) in [5.74, 6) is 0. The van der Waals surface area contributed by atoms with Crippen LogP contribution in [0.2, 0.25) is 0 Å². The highest BCUT2D eigenvalue weighted by molar-refractivity contribution is 5.26. The third kappa shape index (κ3) is 4.58. The zero-order valence-electron chi connectivity index (χ0n) is 12.7. The van der Waals surface area contributed by atoms with Gasteiger partial charge in [0.15, 0.2) is 0 Å². The Morgan fingerprint density at radius 2 is 1.90 bits per heavy atom. The van der Waals surface area contributed by atoms with E-state index in [0.29, 0.717) is 18.8 Å². The number of benzene rings is 1. The molecule has 0 bridgehead atoms. The smallest absolute Gasteiger partial charge is 0.0723 e. The maximum atomic E-state index is 6.11. The van der Waals surface area contributed by atoms with E-state index in [-0.39, 0.29) is 0 Å². The average molecular weight is 277 g/mol. The molecule has 0 radical (unpaired) electrons. The molecular formula is C17H27NO2. The van der Waals surface area contributed by atoms with Crippen LogP contribution in [0, 0.1) is 0 Å². The summed E-state index contributed by atoms with van der Waals surface area (Å²) in [6.07, 6.45) is 5.31. The molecule has 1 fully saturated rings. The maximum Gasteiger partial charge on any atom is 0.0723 e. The van der Waals surface area contributed by atoms with Gasteiger partial charge in [0.05, 0.1) is 18.8 Å². The maximum absolute atomic E-state index is 6.11. The van der Waals surface area contributed by atoms with Crippen molar-refractivity contribution in [2.24, 2.45) is 0 Å². The molecule has 2 rings (SSSR count). The molecule has 1 aromatic rings. The van der Waals surface area contributed by atoms with Crippen LogP contribution in [0.5, 0.6) is 0 Å². The second-order valence-corrected chi connectivity index (χ2v) is 5.51. The summed E-state index contributed by atoms with van der Waals surface area (Å²) in [4.78, 5) is 0. The number of methoxy groups -OCH3 is 1. The summed E-state index contributed by atoms with van der Waals surface area (Å²) in [5, 5.41) is 3.38. The molecule has 112 valence electrons. The minimum atomic E-state index is 0.348. The molecule has 0 heterocycles. The molecule has 2 atom stereocenters. The molecule has 0 amide bonds. The van der Waals surface area contributed by atoms with Crippen LogP contribution < -0.4 is 5.32 Å². The zero-order valence-corrected chi connectivity index (χ0v) is 12.7. The van der Waals surface area contributed by atoms with Crippen molar-refractivity contribution in [2.45, 2.75) is 58.0 Å². The van der Waals surface area contributed by atoms with Crippen LogP contribution in [0.1, 0.15) is 43.7 Å². The molecule has 1 saturated carbocycles. The summed E-state index contributed by atoms with van der Waals surface area (Å²) in [5.41, 5.74) is 2.64. The topological polar surface area (TPSA) is 30.5 Å². The van der Waals surface area contributed by atoms with Crippen molar-refractivity contribution in [3.8, 4) is 0 Å². The summed E-state index contributed by atoms with van der Waals surface area (Å²) < 4.78 is 11.6. The fourth-order valence-corrected chi connectivity index (χ4v) is 2.81. The van der Waals surface area contributed by atoms with Gasteiger partial charge in [-0.1, -0.05) is 31.2 Å². The second kappa shape index (κ2) is 8.40. The first-order valence-electron chi connectivity index (χ1n) is 7.75. The normalized spacial score (nSPS) is 22.9. The van der Waals surface area contributed by atoms with Gasteiger partial charge in [0.25, 0.3) is 0 Å². The molecule has 1 aliphatic rings. The lowest BCUT2D eigenvalue weighted by Crippen LogP contribution is -2.27. The fraction of sp³-hybridized carbons (Fsp3) is 0.647. The van der Waals surface area contributed by atoms with Crippen LogP contribution in [0.4, 0.5) is 0 Å². The lowest BCUT2D eigenvalue weighted by Gasteiger charge is -2.28. The van der Waals surface area contributed by atoms with Gasteiger partial charge in [0.1, 0.15) is 0 Å². The van der Waals surface area contributed by atoms with Crippen LogP contribution in [-0.4, -0.2) is 25.9 Å². The summed E-state index contributed by atoms with van der Waals surface area (Å²) in [6, 6.07) is 8.54. The van der Waals surface area contributed by atoms with E-state index in [9.17, 15) is 0 Å². The molecule has 1 aromatic carbocycles. The third-order valence-electron chi connectivity index (χ3n) is 4.07. The van der Waals surface area contributed by atoms with Gasteiger partial charge >= 0.3 is 0 Å². The van der Waals surface area contributed by atoms with Gasteiger partial charge in [-0.15, -0.1) is 0 Å². The molecule has 3 nitrogen and oxygen atoms in total. The Hall–Kier alpha value is -0.900. The van der Waals surface area contributed by atoms with Crippen molar-refractivity contribution in [1.29, 1.82) is 0 Å². The van der Waals surface area contributed by atoms with E-state index in [1.54, 1.807) is 7.11 Å². The quantitative estimate of drug-likeness (QED) is 0.829. The Morgan fingerprint density at radius 1 is 1.15 bits per heavy atom. The molecule has 1 N–H and O–H groups in total. The van der Waals surface area contributed by atoms with Crippen molar-refractivity contribution in [2.75, 3.05) is 13.7 Å². The summed E-state index contributed by atoms with van der Waals surface area (Å²) >= 11 is 0. The SMILES string of the molecule is CCNCc1ccccc1COC1CCCC(OC)C1. The Morgan fingerprint density at radius 3 is 2.65 bits per heavy atom. The van der Waals surface area contributed by atoms with Gasteiger partial charge in [-0.2, -0.15) is 0 Å². The molecule has 1 aliphatic carbocycles. The van der Waals surface area contributed by atoms with Crippen LogP contribution >= 0.6 is 0 Å². The molecule has 3 heteroatoms. The first-order chi connectivity index (χ1) is 9.83. The number of rotatable bonds is 7. The van der Waals surface area contributed by atoms with E-state index in [4.69, 9.17) is 9.47 Å². The first kappa shape index (κ1) is 15.5. The van der Waals surface area contributed by atoms with E-state index < -0.39 is 0 Å². The Labute approximate surface area is 122 Å². The Kier molecular flexibility index (Phi) is 6.51. The van der Waals surface area contributed by atoms with Gasteiger partial charge < -0.3 is 14.8 Å². The van der Waals surface area contributed by atoms with E-state index in [1.165, 1.54) is 24.0 Å². The molecule has 0 aliphatic heterocycles. The van der Waals surface area contributed by atoms with Crippen LogP contribution in [0.3, 0.4) is 0 Å². The molecule has 0 aromatic heterocycles. The average Bonchev–Trinajstić information content (AvgIpc) is 2.52. The van der Waals surface area contributed by atoms with E-state index in [0.717, 1.165) is 25.9 Å². The van der Waals surface area contributed by atoms with Gasteiger partial charge in [-0.05, 0) is 43.4 Å². The second-order valence-electron chi connectivity index (χ2n) is 5.51. The Bertz CT molecular complexity index is 394. The first-order valence-corrected chi connectivity index (χ1v) is 7.75. The van der Waals surface area contributed by atoms with Crippen LogP contribution in [0.25, 0.3) is 0 Å². The molecule has 0 spiro atoms. The van der Waals surface area contributed by atoms with Crippen molar-refractivity contribution in [1.82, 2.24) is 5.32 Å². The van der Waals surface area contributed by atoms with E-state index >= 15 is 0 Å². The molecule has 0 saturated heterocycles. The van der Waals surface area contributed by atoms with Gasteiger partial charge in [-0.3, -0.25) is 0 Å². The molecule has 20 heavy (non-hydrogen) atoms. The number of hydrogen-bond donors (Lipinski definition) is 1. The van der Waals surface area contributed by atoms with E-state index in [2.05, 4.69) is 36.5 Å². The van der Waals surface area contributed by atoms with Crippen LogP contribution in [-0.2, 0) is 22.6 Å². The third-order valence-corrected chi connectivity index (χ3v) is 4.07. The highest BCUT2D eigenvalue weighted by atomic mass is 16.5. The molecular weight excluding hydrogens is 250 g/mol. The predicted molar refractivity (Wildman–Crippen MR) is 81.7 cm³/mol. The minimum Gasteiger partial charge on any atom is -0.381 e. The highest BCUT2D eigenvalue weighted by Crippen LogP contribution is 2.24. The van der Waals surface area contributed by atoms with Crippen molar-refractivity contribution in [3.05, 3.63) is 35.4 Å². The number of hydrogen-bond acceptors (Lipinski definition) is 3. The number of nitrogens with one attached hydrogen (secondary N) is 1. The summed E-state index contributed by atoms with van der Waals surface area (Å²) in [7, 11) is 1.80. The van der Waals surface area contributed by atoms with Crippen molar-refractivity contribution >= 4 is 0 Å². The van der Waals surface area contributed by atoms with E-state index in [1.807, 2.05) is 0 Å². The van der Waals surface area contributed by atoms with Crippen LogP contribution in [0.15, 0.2) is 24.3 Å². The van der Waals surface area contributed by atoms with Gasteiger partial charge in [-0.25, -0.2) is 0 Å². The minimum absolute atomic E-state index is 0.348. The predicted octanol–water partition coefficient (Wildman–Crippen LogP) is 3.27. The fourth-order valence-electron chi connectivity index (χ4n) is 2.81.